The van der Waals surface area contributed by atoms with Gasteiger partial charge in [0.05, 0.1) is 103 Å². The van der Waals surface area contributed by atoms with Crippen LogP contribution in [0.5, 0.6) is 0 Å². The summed E-state index contributed by atoms with van der Waals surface area (Å²) in [7, 11) is -10.7. The Kier molecular flexibility index (Phi) is 32.1. The average Bonchev–Trinajstić information content (AvgIpc) is 1.60. The van der Waals surface area contributed by atoms with Crippen molar-refractivity contribution in [2.75, 3.05) is 90.4 Å². The van der Waals surface area contributed by atoms with Crippen molar-refractivity contribution in [3.8, 4) is 11.1 Å². The number of fused-ring (bicyclic) bond motifs is 2. The van der Waals surface area contributed by atoms with Crippen LogP contribution in [0.4, 0.5) is 11.6 Å². The molecule has 7 aliphatic rings. The van der Waals surface area contributed by atoms with Crippen molar-refractivity contribution in [3.63, 3.8) is 0 Å². The molecule has 14 rings (SSSR count). The predicted molar refractivity (Wildman–Crippen MR) is 467 cm³/mol. The third kappa shape index (κ3) is 23.0. The summed E-state index contributed by atoms with van der Waals surface area (Å²) < 4.78 is 113. The van der Waals surface area contributed by atoms with Crippen molar-refractivity contribution in [1.82, 2.24) is 38.9 Å². The minimum Gasteiger partial charge on any atom is -0.405 e. The van der Waals surface area contributed by atoms with Crippen molar-refractivity contribution in [2.45, 2.75) is 235 Å². The summed E-state index contributed by atoms with van der Waals surface area (Å²) in [5.74, 6) is 2.68. The maximum Gasteiger partial charge on any atom is 0.494 e. The highest BCUT2D eigenvalue weighted by molar-refractivity contribution is 14.1. The summed E-state index contributed by atoms with van der Waals surface area (Å²) in [6.07, 6.45) is 15.8. The van der Waals surface area contributed by atoms with Gasteiger partial charge in [-0.25, -0.2) is 19.9 Å². The number of halogens is 2. The molecule has 0 radical (unpaired) electrons. The van der Waals surface area contributed by atoms with Gasteiger partial charge in [-0.3, -0.25) is 13.7 Å². The number of benzene rings is 3. The maximum absolute atomic E-state index is 13.1. The lowest BCUT2D eigenvalue weighted by Gasteiger charge is -2.42. The third-order valence-electron chi connectivity index (χ3n) is 22.8. The highest BCUT2D eigenvalue weighted by Gasteiger charge is 2.64. The molecule has 4 aromatic heterocycles. The van der Waals surface area contributed by atoms with E-state index in [0.717, 1.165) is 88.1 Å². The van der Waals surface area contributed by atoms with E-state index in [0.29, 0.717) is 69.5 Å². The van der Waals surface area contributed by atoms with Crippen LogP contribution in [0.25, 0.3) is 33.2 Å². The van der Waals surface area contributed by atoms with E-state index in [9.17, 15) is 13.7 Å². The van der Waals surface area contributed by atoms with Gasteiger partial charge in [0, 0.05) is 51.2 Å². The fourth-order valence-corrected chi connectivity index (χ4v) is 20.8. The molecule has 113 heavy (non-hydrogen) atoms. The standard InChI is InChI=1S/C25H34N5O3P.C17H28BO5P.C14H18IN5.C12H24B2O4.C11H16BrO3P.CH4/c1-3-32-34(31,33-4-2)16-18-7-5-8-20(11-18)22-15-30(25-23(22)24(26)27-17-28-25)21-12-19(13-21)14-29-9-6-10-29;1-7-20-24(19,21-8-2)13-14-10-9-11-15(12-14)18-22-16(3,4)17(5,6)23-18;15-11-7-20(14-12(11)13(16)17-8-18-14)10-4-9(5-10)6-19-2-1-3-19;1-9(2)10(3,4)16-13(15-9)14-17-11(5,6)12(7,8)18-14;1-3-14-16(13,15-4-2)9-10-6-5-7-11(12)8-10;/h5,7-8,11,15,17,19,21H,3-4,6,9-10,12-14,16H2,1-2H3,(H2,26,27,28);9-12H,7-8,13H2,1-6H3;7-10H,1-6H2,(H2,16,17,18);1-8H3;5-8H,3-4,9H2,1-2H3;1H4. The quantitative estimate of drug-likeness (QED) is 0.0275. The molecule has 3 aromatic carbocycles. The van der Waals surface area contributed by atoms with E-state index in [2.05, 4.69) is 95.9 Å². The lowest BCUT2D eigenvalue weighted by Crippen LogP contribution is -2.43. The van der Waals surface area contributed by atoms with Gasteiger partial charge in [-0.05, 0) is 264 Å². The second-order valence-corrected chi connectivity index (χ2v) is 41.0. The number of anilines is 2. The summed E-state index contributed by atoms with van der Waals surface area (Å²) in [4.78, 5) is 22.5. The van der Waals surface area contributed by atoms with Crippen LogP contribution in [-0.2, 0) is 87.2 Å². The van der Waals surface area contributed by atoms with Gasteiger partial charge in [-0.1, -0.05) is 84.0 Å². The van der Waals surface area contributed by atoms with Gasteiger partial charge in [0.1, 0.15) is 35.6 Å². The van der Waals surface area contributed by atoms with Crippen LogP contribution < -0.4 is 16.9 Å². The highest BCUT2D eigenvalue weighted by atomic mass is 127. The van der Waals surface area contributed by atoms with E-state index < -0.39 is 43.9 Å². The number of likely N-dealkylation sites (tertiary alicyclic amines) is 2. The van der Waals surface area contributed by atoms with Gasteiger partial charge in [0.2, 0.25) is 0 Å². The summed E-state index contributed by atoms with van der Waals surface area (Å²) >= 11 is 5.71. The Morgan fingerprint density at radius 1 is 0.487 bits per heavy atom. The normalized spacial score (nSPS) is 21.9. The Hall–Kier alpha value is -3.97. The Bertz CT molecular complexity index is 4330. The average molecular weight is 1800 g/mol. The van der Waals surface area contributed by atoms with E-state index in [1.807, 2.05) is 191 Å². The SMILES string of the molecule is C.CC1(C)OB(B2OC(C)(C)C(C)(C)O2)OC1(C)C.CCOP(=O)(Cc1cccc(-c2cn(C3CC(CN4CCC4)C3)c3ncnc(N)c23)c1)OCC.CCOP(=O)(Cc1cccc(B2OC(C)(C)C(C)(C)O2)c1)OCC.CCOP(=O)(Cc1cccc(Br)c1)OCC.Nc1ncnc2c1c(I)cn2C1CC(CN2CCC2)C1. The number of hydrogen-bond acceptors (Lipinski definition) is 23. The highest BCUT2D eigenvalue weighted by Crippen LogP contribution is 2.55. The van der Waals surface area contributed by atoms with E-state index >= 15 is 0 Å². The van der Waals surface area contributed by atoms with E-state index in [1.54, 1.807) is 12.7 Å². The molecule has 5 saturated heterocycles. The van der Waals surface area contributed by atoms with Gasteiger partial charge in [0.15, 0.2) is 0 Å². The van der Waals surface area contributed by atoms with E-state index in [-0.39, 0.29) is 53.4 Å². The molecule has 5 aliphatic heterocycles. The molecule has 33 heteroatoms. The number of nitrogen functional groups attached to an aromatic ring is 2. The molecule has 0 bridgehead atoms. The first-order chi connectivity index (χ1) is 52.8. The summed E-state index contributed by atoms with van der Waals surface area (Å²) in [6.45, 7) is 45.0. The number of nitrogens with zero attached hydrogens (tertiary/aromatic N) is 8. The number of hydrogen-bond donors (Lipinski definition) is 2. The van der Waals surface area contributed by atoms with Gasteiger partial charge in [-0.15, -0.1) is 0 Å². The van der Waals surface area contributed by atoms with Crippen LogP contribution in [0.1, 0.15) is 199 Å². The number of nitrogens with two attached hydrogens (primary N) is 2. The largest absolute Gasteiger partial charge is 0.494 e. The molecular weight excluding hydrogens is 1670 g/mol. The van der Waals surface area contributed by atoms with Gasteiger partial charge < -0.3 is 85.5 Å². The molecule has 0 spiro atoms. The van der Waals surface area contributed by atoms with Crippen molar-refractivity contribution in [2.24, 2.45) is 11.8 Å². The Morgan fingerprint density at radius 2 is 0.841 bits per heavy atom. The Morgan fingerprint density at radius 3 is 1.23 bits per heavy atom. The summed E-state index contributed by atoms with van der Waals surface area (Å²) in [6, 6.07) is 24.4. The molecule has 2 aliphatic carbocycles. The Balaban J connectivity index is 0.000000166. The van der Waals surface area contributed by atoms with E-state index in [1.165, 1.54) is 65.0 Å². The zero-order chi connectivity index (χ0) is 81.4. The van der Waals surface area contributed by atoms with Crippen molar-refractivity contribution < 1.29 is 68.8 Å². The summed E-state index contributed by atoms with van der Waals surface area (Å²) in [5.41, 5.74) is 17.6. The first-order valence-corrected chi connectivity index (χ1v) is 46.8. The van der Waals surface area contributed by atoms with Crippen LogP contribution in [0, 0.1) is 15.4 Å². The lowest BCUT2D eigenvalue weighted by atomic mass is 9.49. The monoisotopic (exact) mass is 1800 g/mol. The molecule has 25 nitrogen and oxygen atoms in total. The predicted octanol–water partition coefficient (Wildman–Crippen LogP) is 18.2. The molecule has 7 aromatic rings. The lowest BCUT2D eigenvalue weighted by molar-refractivity contribution is 0.00578. The first-order valence-electron chi connectivity index (χ1n) is 39.8. The van der Waals surface area contributed by atoms with Crippen LogP contribution in [-0.4, -0.2) is 173 Å². The molecule has 2 saturated carbocycles. The fourth-order valence-electron chi connectivity index (χ4n) is 14.5. The van der Waals surface area contributed by atoms with Crippen LogP contribution in [0.15, 0.2) is 102 Å². The second kappa shape index (κ2) is 39.0. The molecular formula is C80H124B3BrIN10O15P3. The van der Waals surface area contributed by atoms with Gasteiger partial charge >= 0.3 is 43.9 Å². The van der Waals surface area contributed by atoms with E-state index in [4.69, 9.17) is 66.5 Å². The van der Waals surface area contributed by atoms with Crippen molar-refractivity contribution >= 4 is 122 Å². The molecule has 7 fully saturated rings. The minimum atomic E-state index is -3.19. The first kappa shape index (κ1) is 92.9. The minimum absolute atomic E-state index is 0. The Labute approximate surface area is 695 Å². The molecule has 0 amide bonds. The van der Waals surface area contributed by atoms with Crippen molar-refractivity contribution in [3.05, 3.63) is 123 Å². The molecule has 4 N–H and O–H groups in total. The van der Waals surface area contributed by atoms with Gasteiger partial charge in [-0.2, -0.15) is 0 Å². The number of aromatic nitrogens is 6. The third-order valence-corrected chi connectivity index (χ3v) is 30.3. The van der Waals surface area contributed by atoms with Gasteiger partial charge in [0.25, 0.3) is 0 Å². The summed E-state index contributed by atoms with van der Waals surface area (Å²) in [5, 5.41) is 1.89. The smallest absolute Gasteiger partial charge is 0.405 e. The number of rotatable bonds is 27. The second-order valence-electron chi connectivity index (χ2n) is 32.8. The van der Waals surface area contributed by atoms with Crippen LogP contribution >= 0.6 is 61.3 Å². The van der Waals surface area contributed by atoms with Crippen LogP contribution in [0.3, 0.4) is 0 Å². The zero-order valence-corrected chi connectivity index (χ0v) is 75.5. The maximum atomic E-state index is 13.1. The van der Waals surface area contributed by atoms with Crippen LogP contribution in [0.2, 0.25) is 0 Å². The van der Waals surface area contributed by atoms with Crippen molar-refractivity contribution in [1.29, 1.82) is 0 Å². The zero-order valence-electron chi connectivity index (χ0n) is 69.1. The topological polar surface area (TPSA) is 282 Å². The molecule has 0 atom stereocenters. The molecule has 0 unspecified atom stereocenters. The molecule has 9 heterocycles. The molecule has 622 valence electrons. The fraction of sp³-hybridized carbons (Fsp3) is 0.625.